The second-order valence-corrected chi connectivity index (χ2v) is 5.03. The SMILES string of the molecule is CCCCOCCCNC(=O)CC[n+]1ccc(C)cc1.[Br-]. The third kappa shape index (κ3) is 10.4. The van der Waals surface area contributed by atoms with Crippen LogP contribution in [0.15, 0.2) is 24.5 Å². The van der Waals surface area contributed by atoms with Crippen LogP contribution in [0.5, 0.6) is 0 Å². The second kappa shape index (κ2) is 12.8. The van der Waals surface area contributed by atoms with Crippen LogP contribution in [0, 0.1) is 6.92 Å². The standard InChI is InChI=1S/C16H26N2O2.BrH/c1-3-4-13-20-14-5-9-17-16(19)8-12-18-10-6-15(2)7-11-18;/h6-7,10-11H,3-5,8-9,12-14H2,1-2H3;1H. The lowest BCUT2D eigenvalue weighted by molar-refractivity contribution is -0.695. The van der Waals surface area contributed by atoms with Crippen LogP contribution in [0.4, 0.5) is 0 Å². The van der Waals surface area contributed by atoms with E-state index in [9.17, 15) is 4.79 Å². The van der Waals surface area contributed by atoms with Crippen LogP contribution < -0.4 is 26.9 Å². The number of hydrogen-bond acceptors (Lipinski definition) is 2. The molecule has 1 N–H and O–H groups in total. The van der Waals surface area contributed by atoms with E-state index in [1.54, 1.807) is 0 Å². The highest BCUT2D eigenvalue weighted by atomic mass is 79.9. The van der Waals surface area contributed by atoms with Crippen molar-refractivity contribution in [3.63, 3.8) is 0 Å². The maximum Gasteiger partial charge on any atom is 0.226 e. The van der Waals surface area contributed by atoms with Crippen molar-refractivity contribution in [2.75, 3.05) is 19.8 Å². The van der Waals surface area contributed by atoms with Gasteiger partial charge in [-0.15, -0.1) is 0 Å². The fourth-order valence-electron chi connectivity index (χ4n) is 1.75. The van der Waals surface area contributed by atoms with Crippen molar-refractivity contribution >= 4 is 5.91 Å². The molecule has 120 valence electrons. The van der Waals surface area contributed by atoms with Gasteiger partial charge in [-0.1, -0.05) is 13.3 Å². The van der Waals surface area contributed by atoms with E-state index in [2.05, 4.69) is 19.2 Å². The Morgan fingerprint density at radius 1 is 1.24 bits per heavy atom. The van der Waals surface area contributed by atoms with Gasteiger partial charge in [-0.25, -0.2) is 4.57 Å². The number of nitrogens with zero attached hydrogens (tertiary/aromatic N) is 1. The number of carbonyl (C=O) groups excluding carboxylic acids is 1. The normalized spacial score (nSPS) is 10.0. The highest BCUT2D eigenvalue weighted by Gasteiger charge is 2.05. The fraction of sp³-hybridized carbons (Fsp3) is 0.625. The van der Waals surface area contributed by atoms with Crippen LogP contribution in [0.3, 0.4) is 0 Å². The van der Waals surface area contributed by atoms with Crippen molar-refractivity contribution in [2.24, 2.45) is 0 Å². The zero-order valence-electron chi connectivity index (χ0n) is 13.1. The number of hydrogen-bond donors (Lipinski definition) is 1. The molecule has 1 heterocycles. The van der Waals surface area contributed by atoms with Gasteiger partial charge >= 0.3 is 0 Å². The third-order valence-corrected chi connectivity index (χ3v) is 3.08. The van der Waals surface area contributed by atoms with Crippen molar-refractivity contribution in [2.45, 2.75) is 46.1 Å². The number of unbranched alkanes of at least 4 members (excludes halogenated alkanes) is 1. The Morgan fingerprint density at radius 3 is 2.57 bits per heavy atom. The fourth-order valence-corrected chi connectivity index (χ4v) is 1.75. The van der Waals surface area contributed by atoms with E-state index >= 15 is 0 Å². The maximum absolute atomic E-state index is 11.7. The van der Waals surface area contributed by atoms with Crippen molar-refractivity contribution in [3.05, 3.63) is 30.1 Å². The first kappa shape index (κ1) is 20.1. The Balaban J connectivity index is 0.00000400. The summed E-state index contributed by atoms with van der Waals surface area (Å²) in [5.41, 5.74) is 1.23. The zero-order valence-corrected chi connectivity index (χ0v) is 14.7. The van der Waals surface area contributed by atoms with Crippen LogP contribution >= 0.6 is 0 Å². The first-order valence-corrected chi connectivity index (χ1v) is 7.52. The molecule has 1 aromatic heterocycles. The molecule has 0 bridgehead atoms. The number of halogens is 1. The summed E-state index contributed by atoms with van der Waals surface area (Å²) in [4.78, 5) is 11.7. The van der Waals surface area contributed by atoms with Gasteiger partial charge in [0.1, 0.15) is 0 Å². The minimum Gasteiger partial charge on any atom is -1.00 e. The molecular weight excluding hydrogens is 332 g/mol. The number of aryl methyl sites for hydroxylation is 2. The summed E-state index contributed by atoms with van der Waals surface area (Å²) < 4.78 is 7.47. The molecule has 0 aliphatic carbocycles. The molecule has 0 fully saturated rings. The van der Waals surface area contributed by atoms with E-state index in [0.717, 1.165) is 39.0 Å². The quantitative estimate of drug-likeness (QED) is 0.430. The molecule has 1 aromatic rings. The highest BCUT2D eigenvalue weighted by Crippen LogP contribution is 1.91. The van der Waals surface area contributed by atoms with Crippen molar-refractivity contribution in [3.8, 4) is 0 Å². The minimum atomic E-state index is 0. The first-order chi connectivity index (χ1) is 9.72. The van der Waals surface area contributed by atoms with Gasteiger partial charge in [0.15, 0.2) is 18.9 Å². The molecule has 0 saturated heterocycles. The number of pyridine rings is 1. The van der Waals surface area contributed by atoms with Gasteiger partial charge in [0, 0.05) is 31.9 Å². The van der Waals surface area contributed by atoms with E-state index in [0.29, 0.717) is 13.0 Å². The number of ether oxygens (including phenoxy) is 1. The summed E-state index contributed by atoms with van der Waals surface area (Å²) in [6, 6.07) is 4.09. The Bertz CT molecular complexity index is 382. The van der Waals surface area contributed by atoms with Gasteiger partial charge in [0.25, 0.3) is 0 Å². The molecule has 0 aromatic carbocycles. The van der Waals surface area contributed by atoms with Crippen LogP contribution in [-0.2, 0) is 16.1 Å². The molecule has 21 heavy (non-hydrogen) atoms. The monoisotopic (exact) mass is 358 g/mol. The summed E-state index contributed by atoms with van der Waals surface area (Å²) >= 11 is 0. The zero-order chi connectivity index (χ0) is 14.6. The number of aromatic nitrogens is 1. The van der Waals surface area contributed by atoms with Crippen LogP contribution in [0.1, 0.15) is 38.2 Å². The van der Waals surface area contributed by atoms with Gasteiger partial charge in [-0.3, -0.25) is 4.79 Å². The summed E-state index contributed by atoms with van der Waals surface area (Å²) in [5.74, 6) is 0.103. The highest BCUT2D eigenvalue weighted by molar-refractivity contribution is 5.75. The molecule has 4 nitrogen and oxygen atoms in total. The van der Waals surface area contributed by atoms with E-state index in [1.807, 2.05) is 29.1 Å². The lowest BCUT2D eigenvalue weighted by Gasteiger charge is -2.05. The smallest absolute Gasteiger partial charge is 0.226 e. The number of amides is 1. The van der Waals surface area contributed by atoms with Gasteiger partial charge in [0.05, 0.1) is 6.42 Å². The maximum atomic E-state index is 11.7. The molecule has 0 saturated carbocycles. The summed E-state index contributed by atoms with van der Waals surface area (Å²) in [7, 11) is 0. The van der Waals surface area contributed by atoms with Gasteiger partial charge < -0.3 is 27.0 Å². The molecule has 5 heteroatoms. The largest absolute Gasteiger partial charge is 1.00 e. The van der Waals surface area contributed by atoms with E-state index < -0.39 is 0 Å². The number of rotatable bonds is 10. The van der Waals surface area contributed by atoms with Crippen LogP contribution in [0.25, 0.3) is 0 Å². The molecule has 0 radical (unpaired) electrons. The summed E-state index contributed by atoms with van der Waals surface area (Å²) in [6.45, 7) is 7.18. The van der Waals surface area contributed by atoms with Crippen molar-refractivity contribution in [1.29, 1.82) is 0 Å². The minimum absolute atomic E-state index is 0. The first-order valence-electron chi connectivity index (χ1n) is 7.52. The molecule has 0 spiro atoms. The number of nitrogens with one attached hydrogen (secondary N) is 1. The molecule has 0 aliphatic heterocycles. The molecule has 0 atom stereocenters. The van der Waals surface area contributed by atoms with E-state index in [-0.39, 0.29) is 22.9 Å². The Hall–Kier alpha value is -0.940. The van der Waals surface area contributed by atoms with E-state index in [4.69, 9.17) is 4.74 Å². The summed E-state index contributed by atoms with van der Waals surface area (Å²) in [5, 5.41) is 2.92. The Labute approximate surface area is 138 Å². The van der Waals surface area contributed by atoms with Gasteiger partial charge in [0.2, 0.25) is 5.91 Å². The molecule has 0 unspecified atom stereocenters. The van der Waals surface area contributed by atoms with E-state index in [1.165, 1.54) is 5.56 Å². The van der Waals surface area contributed by atoms with Gasteiger partial charge in [-0.05, 0) is 25.3 Å². The lowest BCUT2D eigenvalue weighted by atomic mass is 10.3. The van der Waals surface area contributed by atoms with Crippen LogP contribution in [0.2, 0.25) is 0 Å². The molecule has 1 amide bonds. The second-order valence-electron chi connectivity index (χ2n) is 5.03. The third-order valence-electron chi connectivity index (χ3n) is 3.08. The topological polar surface area (TPSA) is 42.2 Å². The molecule has 0 aliphatic rings. The average Bonchev–Trinajstić information content (AvgIpc) is 2.46. The van der Waals surface area contributed by atoms with Crippen LogP contribution in [-0.4, -0.2) is 25.7 Å². The Morgan fingerprint density at radius 2 is 1.90 bits per heavy atom. The predicted molar refractivity (Wildman–Crippen MR) is 79.3 cm³/mol. The Kier molecular flexibility index (Phi) is 12.2. The molecular formula is C16H27BrN2O2. The number of carbonyl (C=O) groups is 1. The summed E-state index contributed by atoms with van der Waals surface area (Å²) in [6.07, 6.45) is 7.68. The van der Waals surface area contributed by atoms with Crippen molar-refractivity contribution in [1.82, 2.24) is 5.32 Å². The average molecular weight is 359 g/mol. The molecule has 1 rings (SSSR count). The predicted octanol–water partition coefficient (Wildman–Crippen LogP) is -1.00. The lowest BCUT2D eigenvalue weighted by Crippen LogP contribution is -3.00. The van der Waals surface area contributed by atoms with Gasteiger partial charge in [-0.2, -0.15) is 0 Å². The van der Waals surface area contributed by atoms with Crippen molar-refractivity contribution < 1.29 is 31.1 Å².